The molecule has 0 atom stereocenters. The topological polar surface area (TPSA) is 9.23 Å². The molecule has 6 aromatic carbocycles. The van der Waals surface area contributed by atoms with Gasteiger partial charge in [0.1, 0.15) is 5.75 Å². The molecule has 6 aromatic rings. The van der Waals surface area contributed by atoms with Crippen LogP contribution >= 0.6 is 0 Å². The predicted molar refractivity (Wildman–Crippen MR) is 218 cm³/mol. The first-order valence-electron chi connectivity index (χ1n) is 16.5. The summed E-state index contributed by atoms with van der Waals surface area (Å²) in [5.74, 6) is 1.03. The van der Waals surface area contributed by atoms with Crippen LogP contribution in [-0.2, 0) is 31.6 Å². The summed E-state index contributed by atoms with van der Waals surface area (Å²) in [4.78, 5) is 0. The molecule has 0 unspecified atom stereocenters. The molecule has 0 aliphatic rings. The molecule has 0 aromatic heterocycles. The van der Waals surface area contributed by atoms with Gasteiger partial charge in [-0.15, -0.1) is 56.1 Å². The van der Waals surface area contributed by atoms with Crippen molar-refractivity contribution < 1.29 is 30.9 Å². The van der Waals surface area contributed by atoms with E-state index in [0.717, 1.165) is 5.75 Å². The quantitative estimate of drug-likeness (QED) is 0.129. The predicted octanol–water partition coefficient (Wildman–Crippen LogP) is 12.8. The average Bonchev–Trinajstić information content (AvgIpc) is 3.47. The SMILES string of the molecule is COc1c(C(C)(C)C)cc2c(cc(C)[c-]2[Si](C)C)c1-c1cc(C)cc(C)c1.Cc1cc(C)cc(-c2cc(C)cc3[cH-]c(C)cc23)c1.[CH3-].[CH3-].[Zr+4]. The van der Waals surface area contributed by atoms with Crippen molar-refractivity contribution in [3.8, 4) is 28.0 Å². The smallest absolute Gasteiger partial charge is 0.498 e. The van der Waals surface area contributed by atoms with E-state index >= 15 is 0 Å². The van der Waals surface area contributed by atoms with Gasteiger partial charge in [0.05, 0.1) is 7.11 Å². The van der Waals surface area contributed by atoms with Crippen LogP contribution in [0.15, 0.2) is 72.8 Å². The zero-order chi connectivity index (χ0) is 33.7. The first kappa shape index (κ1) is 42.2. The summed E-state index contributed by atoms with van der Waals surface area (Å²) in [5.41, 5.74) is 15.8. The van der Waals surface area contributed by atoms with Crippen LogP contribution in [-0.4, -0.2) is 15.9 Å². The van der Waals surface area contributed by atoms with Crippen molar-refractivity contribution in [2.45, 2.75) is 87.7 Å². The third-order valence-corrected chi connectivity index (χ3v) is 10.7. The molecule has 0 N–H and O–H groups in total. The number of ether oxygens (including phenoxy) is 1. The maximum absolute atomic E-state index is 6.06. The number of benzene rings is 4. The van der Waals surface area contributed by atoms with Crippen LogP contribution in [0.25, 0.3) is 43.8 Å². The van der Waals surface area contributed by atoms with E-state index in [9.17, 15) is 0 Å². The van der Waals surface area contributed by atoms with Crippen molar-refractivity contribution in [3.05, 3.63) is 132 Å². The van der Waals surface area contributed by atoms with Crippen LogP contribution in [0.4, 0.5) is 0 Å². The van der Waals surface area contributed by atoms with Crippen molar-refractivity contribution in [2.24, 2.45) is 0 Å². The molecule has 0 bridgehead atoms. The number of methoxy groups -OCH3 is 1. The zero-order valence-electron chi connectivity index (χ0n) is 32.8. The molecule has 0 amide bonds. The van der Waals surface area contributed by atoms with E-state index in [0.29, 0.717) is 0 Å². The second-order valence-electron chi connectivity index (χ2n) is 14.8. The Labute approximate surface area is 319 Å². The van der Waals surface area contributed by atoms with Crippen LogP contribution in [0.1, 0.15) is 65.3 Å². The minimum absolute atomic E-state index is 0. The number of rotatable bonds is 4. The summed E-state index contributed by atoms with van der Waals surface area (Å²) in [6.07, 6.45) is 0. The summed E-state index contributed by atoms with van der Waals surface area (Å²) in [6.45, 7) is 26.9. The molecule has 6 rings (SSSR count). The minimum Gasteiger partial charge on any atom is -0.498 e. The third-order valence-electron chi connectivity index (χ3n) is 9.01. The molecule has 0 aliphatic heterocycles. The molecule has 0 heterocycles. The van der Waals surface area contributed by atoms with E-state index in [4.69, 9.17) is 4.74 Å². The number of fused-ring (bicyclic) bond motifs is 2. The third kappa shape index (κ3) is 8.84. The van der Waals surface area contributed by atoms with Gasteiger partial charge in [-0.1, -0.05) is 124 Å². The largest absolute Gasteiger partial charge is 4.00 e. The molecular weight excluding hydrogens is 688 g/mol. The van der Waals surface area contributed by atoms with Gasteiger partial charge in [0.2, 0.25) is 0 Å². The second kappa shape index (κ2) is 16.3. The number of aryl methyl sites for hydroxylation is 7. The Morgan fingerprint density at radius 1 is 0.633 bits per heavy atom. The number of hydrogen-bond donors (Lipinski definition) is 0. The van der Waals surface area contributed by atoms with E-state index in [-0.39, 0.29) is 46.5 Å². The van der Waals surface area contributed by atoms with E-state index < -0.39 is 8.80 Å². The summed E-state index contributed by atoms with van der Waals surface area (Å²) in [7, 11) is 1.25. The standard InChI is InChI=1S/C25H32OSi.C19H19.2CH3.Zr/c1-15-10-16(2)12-18(11-15)22-19-13-17(3)24(27(8)9)20(19)14-21(23(22)26-7)25(4,5)6;1-12-5-13(2)7-16(6-12)18-10-14(3)8-17-9-15(4)11-19(17)18;;;/h10-14H,1-9H3;5-11H,1-4H3;2*1H3;/q4*-1;+4. The normalized spacial score (nSPS) is 11.1. The summed E-state index contributed by atoms with van der Waals surface area (Å²) in [6, 6.07) is 27.5. The fourth-order valence-corrected chi connectivity index (χ4v) is 8.97. The molecular formula is C46H57OSiZr. The van der Waals surface area contributed by atoms with Gasteiger partial charge in [-0.05, 0) is 62.3 Å². The van der Waals surface area contributed by atoms with Gasteiger partial charge in [-0.3, -0.25) is 0 Å². The minimum atomic E-state index is -0.560. The Bertz CT molecular complexity index is 2020. The van der Waals surface area contributed by atoms with Crippen molar-refractivity contribution in [1.82, 2.24) is 0 Å². The summed E-state index contributed by atoms with van der Waals surface area (Å²) < 4.78 is 6.06. The van der Waals surface area contributed by atoms with Crippen molar-refractivity contribution in [1.29, 1.82) is 0 Å². The molecule has 49 heavy (non-hydrogen) atoms. The summed E-state index contributed by atoms with van der Waals surface area (Å²) in [5, 5.41) is 7.04. The van der Waals surface area contributed by atoms with E-state index in [2.05, 4.69) is 155 Å². The van der Waals surface area contributed by atoms with Crippen molar-refractivity contribution in [3.63, 3.8) is 0 Å². The van der Waals surface area contributed by atoms with Gasteiger partial charge in [-0.2, -0.15) is 12.1 Å². The van der Waals surface area contributed by atoms with Gasteiger partial charge in [0.15, 0.2) is 0 Å². The second-order valence-corrected chi connectivity index (χ2v) is 17.3. The fourth-order valence-electron chi connectivity index (χ4n) is 7.37. The molecule has 3 heteroatoms. The molecule has 0 spiro atoms. The Morgan fingerprint density at radius 3 is 1.63 bits per heavy atom. The van der Waals surface area contributed by atoms with E-state index in [1.54, 1.807) is 5.19 Å². The van der Waals surface area contributed by atoms with Crippen LogP contribution < -0.4 is 9.92 Å². The molecule has 0 saturated heterocycles. The monoisotopic (exact) mass is 743 g/mol. The molecule has 1 radical (unpaired) electrons. The fraction of sp³-hybridized carbons (Fsp3) is 0.304. The van der Waals surface area contributed by atoms with Crippen LogP contribution in [0.3, 0.4) is 0 Å². The number of hydrogen-bond acceptors (Lipinski definition) is 1. The van der Waals surface area contributed by atoms with Gasteiger partial charge in [0, 0.05) is 8.80 Å². The first-order valence-corrected chi connectivity index (χ1v) is 19.0. The van der Waals surface area contributed by atoms with E-state index in [1.807, 2.05) is 7.11 Å². The Kier molecular flexibility index (Phi) is 14.1. The van der Waals surface area contributed by atoms with Crippen LogP contribution in [0, 0.1) is 63.3 Å². The van der Waals surface area contributed by atoms with Crippen LogP contribution in [0.2, 0.25) is 13.1 Å². The summed E-state index contributed by atoms with van der Waals surface area (Å²) >= 11 is 0. The maximum atomic E-state index is 6.06. The van der Waals surface area contributed by atoms with Gasteiger partial charge >= 0.3 is 26.2 Å². The molecule has 0 aliphatic carbocycles. The molecule has 255 valence electrons. The van der Waals surface area contributed by atoms with Crippen LogP contribution in [0.5, 0.6) is 5.75 Å². The van der Waals surface area contributed by atoms with Gasteiger partial charge < -0.3 is 19.6 Å². The van der Waals surface area contributed by atoms with Crippen molar-refractivity contribution >= 4 is 35.5 Å². The molecule has 0 fully saturated rings. The molecule has 1 nitrogen and oxygen atoms in total. The maximum Gasteiger partial charge on any atom is 4.00 e. The Morgan fingerprint density at radius 2 is 1.14 bits per heavy atom. The Hall–Kier alpha value is -3.00. The average molecular weight is 745 g/mol. The van der Waals surface area contributed by atoms with Crippen molar-refractivity contribution in [2.75, 3.05) is 7.11 Å². The van der Waals surface area contributed by atoms with Gasteiger partial charge in [-0.25, -0.2) is 0 Å². The zero-order valence-corrected chi connectivity index (χ0v) is 36.3. The molecule has 0 saturated carbocycles. The first-order chi connectivity index (χ1) is 21.6. The van der Waals surface area contributed by atoms with Gasteiger partial charge in [0.25, 0.3) is 0 Å². The Balaban J connectivity index is 0.000000336. The van der Waals surface area contributed by atoms with E-state index in [1.165, 1.54) is 88.3 Å².